The Balaban J connectivity index is 1.78. The first-order valence-electron chi connectivity index (χ1n) is 7.63. The topological polar surface area (TPSA) is 44.8 Å². The molecule has 0 aromatic heterocycles. The molecule has 122 valence electrons. The molecule has 1 aliphatic heterocycles. The Labute approximate surface area is 140 Å². The van der Waals surface area contributed by atoms with Gasteiger partial charge in [-0.1, -0.05) is 15.9 Å². The number of benzene rings is 1. The number of anilines is 1. The van der Waals surface area contributed by atoms with E-state index in [0.717, 1.165) is 61.5 Å². The fourth-order valence-corrected chi connectivity index (χ4v) is 2.78. The van der Waals surface area contributed by atoms with Crippen molar-refractivity contribution in [2.24, 2.45) is 0 Å². The van der Waals surface area contributed by atoms with Crippen molar-refractivity contribution in [1.82, 2.24) is 9.80 Å². The molecule has 0 radical (unpaired) electrons. The Morgan fingerprint density at radius 3 is 2.68 bits per heavy atom. The SMILES string of the molecule is COCCCN1CCN(C(=O)Nc2ccc(Br)c(C)c2)CC1. The van der Waals surface area contributed by atoms with Gasteiger partial charge in [-0.3, -0.25) is 4.90 Å². The number of nitrogens with zero attached hydrogens (tertiary/aromatic N) is 2. The number of aryl methyl sites for hydroxylation is 1. The smallest absolute Gasteiger partial charge is 0.321 e. The summed E-state index contributed by atoms with van der Waals surface area (Å²) in [7, 11) is 1.73. The number of carbonyl (C=O) groups is 1. The molecule has 0 unspecified atom stereocenters. The quantitative estimate of drug-likeness (QED) is 0.811. The van der Waals surface area contributed by atoms with Crippen LogP contribution in [0.25, 0.3) is 0 Å². The zero-order chi connectivity index (χ0) is 15.9. The van der Waals surface area contributed by atoms with Crippen molar-refractivity contribution in [2.75, 3.05) is 51.8 Å². The molecule has 1 fully saturated rings. The molecule has 0 bridgehead atoms. The van der Waals surface area contributed by atoms with Crippen LogP contribution in [0.2, 0.25) is 0 Å². The van der Waals surface area contributed by atoms with Gasteiger partial charge in [-0.05, 0) is 37.1 Å². The molecule has 22 heavy (non-hydrogen) atoms. The summed E-state index contributed by atoms with van der Waals surface area (Å²) in [5, 5.41) is 2.97. The Hall–Kier alpha value is -1.11. The van der Waals surface area contributed by atoms with Crippen LogP contribution < -0.4 is 5.32 Å². The molecule has 2 rings (SSSR count). The molecular weight excluding hydrogens is 346 g/mol. The van der Waals surface area contributed by atoms with E-state index >= 15 is 0 Å². The zero-order valence-corrected chi connectivity index (χ0v) is 14.9. The first-order chi connectivity index (χ1) is 10.6. The first-order valence-corrected chi connectivity index (χ1v) is 8.43. The maximum absolute atomic E-state index is 12.3. The molecule has 1 saturated heterocycles. The first kappa shape index (κ1) is 17.2. The van der Waals surface area contributed by atoms with Gasteiger partial charge in [0.15, 0.2) is 0 Å². The second kappa shape index (κ2) is 8.50. The normalized spacial score (nSPS) is 15.9. The van der Waals surface area contributed by atoms with E-state index in [0.29, 0.717) is 0 Å². The van der Waals surface area contributed by atoms with Gasteiger partial charge in [0, 0.05) is 56.6 Å². The molecule has 1 N–H and O–H groups in total. The lowest BCUT2D eigenvalue weighted by molar-refractivity contribution is 0.130. The Morgan fingerprint density at radius 2 is 2.05 bits per heavy atom. The summed E-state index contributed by atoms with van der Waals surface area (Å²) < 4.78 is 6.12. The lowest BCUT2D eigenvalue weighted by atomic mass is 10.2. The predicted octanol–water partition coefficient (Wildman–Crippen LogP) is 2.94. The van der Waals surface area contributed by atoms with Crippen molar-refractivity contribution < 1.29 is 9.53 Å². The fraction of sp³-hybridized carbons (Fsp3) is 0.562. The van der Waals surface area contributed by atoms with Crippen LogP contribution in [0.1, 0.15) is 12.0 Å². The highest BCUT2D eigenvalue weighted by atomic mass is 79.9. The van der Waals surface area contributed by atoms with E-state index in [1.54, 1.807) is 7.11 Å². The highest BCUT2D eigenvalue weighted by Crippen LogP contribution is 2.20. The number of hydrogen-bond acceptors (Lipinski definition) is 3. The van der Waals surface area contributed by atoms with E-state index < -0.39 is 0 Å². The van der Waals surface area contributed by atoms with E-state index in [-0.39, 0.29) is 6.03 Å². The minimum absolute atomic E-state index is 0.0155. The molecule has 1 aliphatic rings. The van der Waals surface area contributed by atoms with Crippen molar-refractivity contribution in [3.05, 3.63) is 28.2 Å². The highest BCUT2D eigenvalue weighted by Gasteiger charge is 2.20. The van der Waals surface area contributed by atoms with E-state index in [2.05, 4.69) is 26.1 Å². The van der Waals surface area contributed by atoms with Crippen molar-refractivity contribution in [3.63, 3.8) is 0 Å². The number of nitrogens with one attached hydrogen (secondary N) is 1. The summed E-state index contributed by atoms with van der Waals surface area (Å²) >= 11 is 3.47. The van der Waals surface area contributed by atoms with E-state index in [1.807, 2.05) is 30.0 Å². The van der Waals surface area contributed by atoms with Crippen molar-refractivity contribution in [3.8, 4) is 0 Å². The van der Waals surface area contributed by atoms with Crippen molar-refractivity contribution in [2.45, 2.75) is 13.3 Å². The van der Waals surface area contributed by atoms with Crippen LogP contribution in [0.5, 0.6) is 0 Å². The molecule has 0 saturated carbocycles. The van der Waals surface area contributed by atoms with Crippen LogP contribution in [0.15, 0.2) is 22.7 Å². The number of amides is 2. The van der Waals surface area contributed by atoms with Gasteiger partial charge in [-0.25, -0.2) is 4.79 Å². The van der Waals surface area contributed by atoms with E-state index in [1.165, 1.54) is 0 Å². The molecular formula is C16H24BrN3O2. The van der Waals surface area contributed by atoms with Crippen molar-refractivity contribution >= 4 is 27.6 Å². The van der Waals surface area contributed by atoms with E-state index in [4.69, 9.17) is 4.74 Å². The van der Waals surface area contributed by atoms with Crippen LogP contribution in [0.4, 0.5) is 10.5 Å². The Kier molecular flexibility index (Phi) is 6.67. The second-order valence-electron chi connectivity index (χ2n) is 5.57. The third-order valence-electron chi connectivity index (χ3n) is 3.89. The molecule has 2 amide bonds. The summed E-state index contributed by atoms with van der Waals surface area (Å²) in [6.45, 7) is 7.24. The van der Waals surface area contributed by atoms with Crippen LogP contribution in [-0.2, 0) is 4.74 Å². The monoisotopic (exact) mass is 369 g/mol. The number of ether oxygens (including phenoxy) is 1. The summed E-state index contributed by atoms with van der Waals surface area (Å²) in [6, 6.07) is 5.83. The zero-order valence-electron chi connectivity index (χ0n) is 13.3. The average Bonchev–Trinajstić information content (AvgIpc) is 2.52. The van der Waals surface area contributed by atoms with Gasteiger partial charge in [0.1, 0.15) is 0 Å². The predicted molar refractivity (Wildman–Crippen MR) is 92.4 cm³/mol. The standard InChI is InChI=1S/C16H24BrN3O2/c1-13-12-14(4-5-15(13)17)18-16(21)20-9-7-19(8-10-20)6-3-11-22-2/h4-5,12H,3,6-11H2,1-2H3,(H,18,21). The third kappa shape index (κ3) is 4.97. The van der Waals surface area contributed by atoms with Gasteiger partial charge in [0.25, 0.3) is 0 Å². The van der Waals surface area contributed by atoms with Gasteiger partial charge in [-0.2, -0.15) is 0 Å². The van der Waals surface area contributed by atoms with Gasteiger partial charge in [0.2, 0.25) is 0 Å². The lowest BCUT2D eigenvalue weighted by Crippen LogP contribution is -2.50. The Morgan fingerprint density at radius 1 is 1.32 bits per heavy atom. The number of rotatable bonds is 5. The number of halogens is 1. The third-order valence-corrected chi connectivity index (χ3v) is 4.78. The average molecular weight is 370 g/mol. The molecule has 5 nitrogen and oxygen atoms in total. The van der Waals surface area contributed by atoms with Crippen LogP contribution >= 0.6 is 15.9 Å². The molecule has 1 aromatic rings. The molecule has 0 spiro atoms. The largest absolute Gasteiger partial charge is 0.385 e. The number of piperazine rings is 1. The van der Waals surface area contributed by atoms with Gasteiger partial charge in [-0.15, -0.1) is 0 Å². The minimum Gasteiger partial charge on any atom is -0.385 e. The molecule has 0 atom stereocenters. The number of hydrogen-bond donors (Lipinski definition) is 1. The summed E-state index contributed by atoms with van der Waals surface area (Å²) in [6.07, 6.45) is 1.04. The number of urea groups is 1. The fourth-order valence-electron chi connectivity index (χ4n) is 2.53. The lowest BCUT2D eigenvalue weighted by Gasteiger charge is -2.34. The van der Waals surface area contributed by atoms with Crippen molar-refractivity contribution in [1.29, 1.82) is 0 Å². The second-order valence-corrected chi connectivity index (χ2v) is 6.42. The van der Waals surface area contributed by atoms with Gasteiger partial charge < -0.3 is 15.0 Å². The van der Waals surface area contributed by atoms with Crippen LogP contribution in [0, 0.1) is 6.92 Å². The van der Waals surface area contributed by atoms with Gasteiger partial charge >= 0.3 is 6.03 Å². The highest BCUT2D eigenvalue weighted by molar-refractivity contribution is 9.10. The summed E-state index contributed by atoms with van der Waals surface area (Å²) in [5.74, 6) is 0. The molecule has 1 aromatic carbocycles. The Bertz CT molecular complexity index is 502. The minimum atomic E-state index is -0.0155. The number of methoxy groups -OCH3 is 1. The number of carbonyl (C=O) groups excluding carboxylic acids is 1. The van der Waals surface area contributed by atoms with Gasteiger partial charge in [0.05, 0.1) is 0 Å². The molecule has 1 heterocycles. The molecule has 0 aliphatic carbocycles. The van der Waals surface area contributed by atoms with E-state index in [9.17, 15) is 4.79 Å². The van der Waals surface area contributed by atoms with Crippen LogP contribution in [0.3, 0.4) is 0 Å². The summed E-state index contributed by atoms with van der Waals surface area (Å²) in [5.41, 5.74) is 1.95. The maximum atomic E-state index is 12.3. The van der Waals surface area contributed by atoms with Crippen LogP contribution in [-0.4, -0.2) is 62.3 Å². The summed E-state index contributed by atoms with van der Waals surface area (Å²) in [4.78, 5) is 16.6. The molecule has 6 heteroatoms. The maximum Gasteiger partial charge on any atom is 0.321 e.